The number of hydrogen-bond acceptors (Lipinski definition) is 5. The van der Waals surface area contributed by atoms with Gasteiger partial charge in [-0.25, -0.2) is 13.1 Å². The number of hydrogen-bond donors (Lipinski definition) is 3. The van der Waals surface area contributed by atoms with Gasteiger partial charge in [-0.1, -0.05) is 35.9 Å². The summed E-state index contributed by atoms with van der Waals surface area (Å²) in [7, 11) is -3.66. The Balaban J connectivity index is 1.50. The number of rotatable bonds is 8. The molecule has 3 atom stereocenters. The molecule has 30 heavy (non-hydrogen) atoms. The molecule has 2 aromatic rings. The van der Waals surface area contributed by atoms with E-state index in [2.05, 4.69) is 10.0 Å². The number of aliphatic hydroxyl groups is 1. The van der Waals surface area contributed by atoms with E-state index in [1.165, 1.54) is 12.1 Å². The van der Waals surface area contributed by atoms with Crippen LogP contribution in [0.4, 0.5) is 0 Å². The summed E-state index contributed by atoms with van der Waals surface area (Å²) in [5, 5.41) is 13.0. The maximum atomic E-state index is 12.4. The highest BCUT2D eigenvalue weighted by atomic mass is 35.5. The molecule has 1 saturated heterocycles. The van der Waals surface area contributed by atoms with Gasteiger partial charge in [-0.15, -0.1) is 0 Å². The molecule has 0 spiro atoms. The molecule has 7 nitrogen and oxygen atoms in total. The molecular weight excluding hydrogens is 428 g/mol. The summed E-state index contributed by atoms with van der Waals surface area (Å²) in [6, 6.07) is 14.6. The van der Waals surface area contributed by atoms with E-state index in [0.717, 1.165) is 0 Å². The lowest BCUT2D eigenvalue weighted by Gasteiger charge is -2.36. The van der Waals surface area contributed by atoms with Gasteiger partial charge in [-0.05, 0) is 49.6 Å². The molecule has 3 rings (SSSR count). The van der Waals surface area contributed by atoms with Crippen LogP contribution in [0, 0.1) is 0 Å². The topological polar surface area (TPSA) is 105 Å². The zero-order valence-electron chi connectivity index (χ0n) is 16.3. The molecule has 0 unspecified atom stereocenters. The molecule has 0 radical (unpaired) electrons. The smallest absolute Gasteiger partial charge is 0.251 e. The van der Waals surface area contributed by atoms with Crippen molar-refractivity contribution in [3.63, 3.8) is 0 Å². The second kappa shape index (κ2) is 10.4. The van der Waals surface area contributed by atoms with Crippen LogP contribution in [0.25, 0.3) is 0 Å². The van der Waals surface area contributed by atoms with Crippen LogP contribution in [0.2, 0.25) is 5.02 Å². The average molecular weight is 453 g/mol. The Kier molecular flexibility index (Phi) is 7.85. The fourth-order valence-electron chi connectivity index (χ4n) is 3.42. The van der Waals surface area contributed by atoms with Gasteiger partial charge in [0.25, 0.3) is 5.91 Å². The average Bonchev–Trinajstić information content (AvgIpc) is 2.75. The number of halogens is 1. The highest BCUT2D eigenvalue weighted by Gasteiger charge is 2.32. The van der Waals surface area contributed by atoms with Crippen molar-refractivity contribution in [2.45, 2.75) is 42.4 Å². The first-order valence-corrected chi connectivity index (χ1v) is 11.6. The fourth-order valence-corrected chi connectivity index (χ4v) is 4.77. The summed E-state index contributed by atoms with van der Waals surface area (Å²) in [5.74, 6) is -0.213. The SMILES string of the molecule is O=C(N[C@@H]1CC[C@H](CCNS(=O)(=O)c2cccc(Cl)c2)O[C@H]1CO)c1ccccc1. The standard InChI is InChI=1S/C21H25ClN2O5S/c22-16-7-4-8-18(13-16)30(27,28)23-12-11-17-9-10-19(20(14-25)29-17)24-21(26)15-5-2-1-3-6-15/h1-8,13,17,19-20,23,25H,9-12,14H2,(H,24,26)/t17-,19-,20+/m1/s1. The normalized spacial score (nSPS) is 21.9. The molecule has 0 saturated carbocycles. The number of carbonyl (C=O) groups is 1. The van der Waals surface area contributed by atoms with E-state index in [-0.39, 0.29) is 36.1 Å². The number of aliphatic hydroxyl groups excluding tert-OH is 1. The van der Waals surface area contributed by atoms with Crippen LogP contribution in [0.3, 0.4) is 0 Å². The van der Waals surface area contributed by atoms with Crippen LogP contribution in [0.1, 0.15) is 29.6 Å². The van der Waals surface area contributed by atoms with Gasteiger partial charge < -0.3 is 15.2 Å². The minimum atomic E-state index is -3.66. The first-order chi connectivity index (χ1) is 14.4. The number of carbonyl (C=O) groups excluding carboxylic acids is 1. The first kappa shape index (κ1) is 22.7. The monoisotopic (exact) mass is 452 g/mol. The number of amides is 1. The van der Waals surface area contributed by atoms with Crippen molar-refractivity contribution in [1.82, 2.24) is 10.0 Å². The zero-order chi connectivity index (χ0) is 21.6. The van der Waals surface area contributed by atoms with Crippen molar-refractivity contribution >= 4 is 27.5 Å². The lowest BCUT2D eigenvalue weighted by Crippen LogP contribution is -2.51. The molecule has 1 aliphatic rings. The third-order valence-corrected chi connectivity index (χ3v) is 6.71. The van der Waals surface area contributed by atoms with Crippen molar-refractivity contribution < 1.29 is 23.1 Å². The summed E-state index contributed by atoms with van der Waals surface area (Å²) >= 11 is 5.86. The Morgan fingerprint density at radius 3 is 2.60 bits per heavy atom. The summed E-state index contributed by atoms with van der Waals surface area (Å²) in [5.41, 5.74) is 0.548. The summed E-state index contributed by atoms with van der Waals surface area (Å²) < 4.78 is 33.2. The van der Waals surface area contributed by atoms with Gasteiger partial charge in [0.1, 0.15) is 6.10 Å². The number of nitrogens with one attached hydrogen (secondary N) is 2. The van der Waals surface area contributed by atoms with E-state index in [1.54, 1.807) is 36.4 Å². The Hall–Kier alpha value is -1.97. The summed E-state index contributed by atoms with van der Waals surface area (Å²) in [4.78, 5) is 12.5. The molecule has 9 heteroatoms. The van der Waals surface area contributed by atoms with Gasteiger partial charge in [0.05, 0.1) is 23.6 Å². The zero-order valence-corrected chi connectivity index (χ0v) is 17.9. The van der Waals surface area contributed by atoms with Gasteiger partial charge in [0.15, 0.2) is 0 Å². The number of sulfonamides is 1. The molecule has 1 heterocycles. The van der Waals surface area contributed by atoms with Crippen molar-refractivity contribution in [2.24, 2.45) is 0 Å². The van der Waals surface area contributed by atoms with Crippen molar-refractivity contribution in [1.29, 1.82) is 0 Å². The Morgan fingerprint density at radius 2 is 1.90 bits per heavy atom. The van der Waals surface area contributed by atoms with Gasteiger partial charge in [-0.2, -0.15) is 0 Å². The van der Waals surface area contributed by atoms with Crippen molar-refractivity contribution in [2.75, 3.05) is 13.2 Å². The van der Waals surface area contributed by atoms with Crippen LogP contribution in [0.15, 0.2) is 59.5 Å². The minimum Gasteiger partial charge on any atom is -0.394 e. The minimum absolute atomic E-state index is 0.108. The van der Waals surface area contributed by atoms with E-state index >= 15 is 0 Å². The molecular formula is C21H25ClN2O5S. The Morgan fingerprint density at radius 1 is 1.13 bits per heavy atom. The van der Waals surface area contributed by atoms with E-state index in [0.29, 0.717) is 29.8 Å². The quantitative estimate of drug-likeness (QED) is 0.570. The molecule has 0 bridgehead atoms. The second-order valence-electron chi connectivity index (χ2n) is 7.15. The number of benzene rings is 2. The first-order valence-electron chi connectivity index (χ1n) is 9.76. The predicted molar refractivity (Wildman–Crippen MR) is 114 cm³/mol. The molecule has 1 aliphatic heterocycles. The van der Waals surface area contributed by atoms with Crippen molar-refractivity contribution in [3.05, 3.63) is 65.2 Å². The Bertz CT molecular complexity index is 955. The predicted octanol–water partition coefficient (Wildman–Crippen LogP) is 2.35. The van der Waals surface area contributed by atoms with Gasteiger partial charge in [0, 0.05) is 17.1 Å². The van der Waals surface area contributed by atoms with Gasteiger partial charge >= 0.3 is 0 Å². The van der Waals surface area contributed by atoms with E-state index in [4.69, 9.17) is 16.3 Å². The van der Waals surface area contributed by atoms with Crippen LogP contribution in [-0.2, 0) is 14.8 Å². The van der Waals surface area contributed by atoms with Gasteiger partial charge in [-0.3, -0.25) is 4.79 Å². The summed E-state index contributed by atoms with van der Waals surface area (Å²) in [6.45, 7) is -0.0385. The van der Waals surface area contributed by atoms with Crippen LogP contribution in [0.5, 0.6) is 0 Å². The second-order valence-corrected chi connectivity index (χ2v) is 9.35. The summed E-state index contributed by atoms with van der Waals surface area (Å²) in [6.07, 6.45) is 0.982. The van der Waals surface area contributed by atoms with E-state index < -0.39 is 16.1 Å². The third kappa shape index (κ3) is 6.02. The maximum Gasteiger partial charge on any atom is 0.251 e. The van der Waals surface area contributed by atoms with Crippen LogP contribution in [-0.4, -0.2) is 50.8 Å². The largest absolute Gasteiger partial charge is 0.394 e. The lowest BCUT2D eigenvalue weighted by atomic mass is 9.97. The van der Waals surface area contributed by atoms with Gasteiger partial charge in [0.2, 0.25) is 10.0 Å². The molecule has 0 aliphatic carbocycles. The molecule has 3 N–H and O–H groups in total. The fraction of sp³-hybridized carbons (Fsp3) is 0.381. The Labute approximate surface area is 181 Å². The van der Waals surface area contributed by atoms with Crippen molar-refractivity contribution in [3.8, 4) is 0 Å². The lowest BCUT2D eigenvalue weighted by molar-refractivity contribution is -0.0891. The van der Waals surface area contributed by atoms with Crippen LogP contribution >= 0.6 is 11.6 Å². The molecule has 1 amide bonds. The molecule has 162 valence electrons. The molecule has 1 fully saturated rings. The highest BCUT2D eigenvalue weighted by Crippen LogP contribution is 2.22. The van der Waals surface area contributed by atoms with E-state index in [1.807, 2.05) is 6.07 Å². The third-order valence-electron chi connectivity index (χ3n) is 5.01. The molecule has 2 aromatic carbocycles. The van der Waals surface area contributed by atoms with E-state index in [9.17, 15) is 18.3 Å². The highest BCUT2D eigenvalue weighted by molar-refractivity contribution is 7.89. The maximum absolute atomic E-state index is 12.4. The van der Waals surface area contributed by atoms with Crippen LogP contribution < -0.4 is 10.0 Å². The number of ether oxygens (including phenoxy) is 1. The molecule has 0 aromatic heterocycles.